The number of carbonyl (C=O) groups is 1. The third-order valence-corrected chi connectivity index (χ3v) is 2.47. The Labute approximate surface area is 86.5 Å². The molecule has 0 aliphatic heterocycles. The highest BCUT2D eigenvalue weighted by atomic mass is 16.5. The second-order valence-corrected chi connectivity index (χ2v) is 3.69. The lowest BCUT2D eigenvalue weighted by Crippen LogP contribution is -2.24. The largest absolute Gasteiger partial charge is 0.469 e. The summed E-state index contributed by atoms with van der Waals surface area (Å²) in [5.41, 5.74) is 0. The second-order valence-electron chi connectivity index (χ2n) is 3.69. The zero-order valence-corrected chi connectivity index (χ0v) is 9.45. The van der Waals surface area contributed by atoms with Crippen molar-refractivity contribution in [1.29, 1.82) is 0 Å². The Hall–Kier alpha value is -0.570. The number of esters is 1. The molecule has 0 aromatic rings. The second kappa shape index (κ2) is 7.80. The summed E-state index contributed by atoms with van der Waals surface area (Å²) in [4.78, 5) is 11.0. The molecule has 3 nitrogen and oxygen atoms in total. The summed E-state index contributed by atoms with van der Waals surface area (Å²) in [6, 6.07) is 0. The first-order valence-electron chi connectivity index (χ1n) is 5.40. The van der Waals surface area contributed by atoms with Crippen molar-refractivity contribution in [2.45, 2.75) is 52.1 Å². The van der Waals surface area contributed by atoms with Crippen LogP contribution in [0.15, 0.2) is 0 Å². The Balaban J connectivity index is 3.99. The molecule has 0 saturated carbocycles. The summed E-state index contributed by atoms with van der Waals surface area (Å²) in [6.07, 6.45) is 3.63. The van der Waals surface area contributed by atoms with E-state index in [1.165, 1.54) is 7.11 Å². The first-order chi connectivity index (χ1) is 6.65. The van der Waals surface area contributed by atoms with Crippen LogP contribution in [0.3, 0.4) is 0 Å². The van der Waals surface area contributed by atoms with Crippen LogP contribution in [0.25, 0.3) is 0 Å². The van der Waals surface area contributed by atoms with Gasteiger partial charge in [0.15, 0.2) is 0 Å². The maximum atomic E-state index is 11.0. The Morgan fingerprint density at radius 1 is 1.29 bits per heavy atom. The van der Waals surface area contributed by atoms with Crippen molar-refractivity contribution in [3.63, 3.8) is 0 Å². The summed E-state index contributed by atoms with van der Waals surface area (Å²) in [5.74, 6) is -0.0844. The van der Waals surface area contributed by atoms with E-state index < -0.39 is 6.10 Å². The minimum absolute atomic E-state index is 0.126. The van der Waals surface area contributed by atoms with E-state index in [2.05, 4.69) is 18.6 Å². The molecule has 0 aliphatic rings. The van der Waals surface area contributed by atoms with Crippen molar-refractivity contribution in [2.75, 3.05) is 7.11 Å². The van der Waals surface area contributed by atoms with Crippen molar-refractivity contribution < 1.29 is 14.6 Å². The molecule has 0 aromatic heterocycles. The van der Waals surface area contributed by atoms with Crippen molar-refractivity contribution in [3.05, 3.63) is 0 Å². The van der Waals surface area contributed by atoms with Gasteiger partial charge in [-0.2, -0.15) is 0 Å². The molecular formula is C11H22O3. The Morgan fingerprint density at radius 3 is 2.14 bits per heavy atom. The molecule has 0 heterocycles. The topological polar surface area (TPSA) is 46.5 Å². The SMILES string of the molecule is CCCC(CCC)[C@H](O)CC(=O)OC. The van der Waals surface area contributed by atoms with E-state index in [-0.39, 0.29) is 18.3 Å². The van der Waals surface area contributed by atoms with Crippen LogP contribution in [-0.2, 0) is 9.53 Å². The summed E-state index contributed by atoms with van der Waals surface area (Å²) in [7, 11) is 1.35. The Kier molecular flexibility index (Phi) is 7.48. The van der Waals surface area contributed by atoms with E-state index in [1.807, 2.05) is 0 Å². The molecule has 0 rings (SSSR count). The molecule has 0 radical (unpaired) electrons. The van der Waals surface area contributed by atoms with Gasteiger partial charge in [-0.05, 0) is 18.8 Å². The smallest absolute Gasteiger partial charge is 0.308 e. The summed E-state index contributed by atoms with van der Waals surface area (Å²) in [6.45, 7) is 4.18. The van der Waals surface area contributed by atoms with Gasteiger partial charge in [-0.3, -0.25) is 4.79 Å². The van der Waals surface area contributed by atoms with Crippen LogP contribution in [0.4, 0.5) is 0 Å². The Morgan fingerprint density at radius 2 is 1.79 bits per heavy atom. The summed E-state index contributed by atoms with van der Waals surface area (Å²) in [5, 5.41) is 9.77. The summed E-state index contributed by atoms with van der Waals surface area (Å²) < 4.78 is 4.53. The number of ether oxygens (including phenoxy) is 1. The van der Waals surface area contributed by atoms with Crippen LogP contribution < -0.4 is 0 Å². The number of carbonyl (C=O) groups excluding carboxylic acids is 1. The minimum Gasteiger partial charge on any atom is -0.469 e. The fourth-order valence-corrected chi connectivity index (χ4v) is 1.69. The number of aliphatic hydroxyl groups is 1. The monoisotopic (exact) mass is 202 g/mol. The lowest BCUT2D eigenvalue weighted by Gasteiger charge is -2.20. The maximum Gasteiger partial charge on any atom is 0.308 e. The van der Waals surface area contributed by atoms with E-state index in [0.29, 0.717) is 0 Å². The normalized spacial score (nSPS) is 12.9. The van der Waals surface area contributed by atoms with E-state index in [4.69, 9.17) is 0 Å². The molecule has 0 unspecified atom stereocenters. The minimum atomic E-state index is -0.539. The van der Waals surface area contributed by atoms with Gasteiger partial charge in [0, 0.05) is 0 Å². The van der Waals surface area contributed by atoms with E-state index in [9.17, 15) is 9.90 Å². The molecule has 0 spiro atoms. The molecule has 1 N–H and O–H groups in total. The van der Waals surface area contributed by atoms with Gasteiger partial charge in [-0.1, -0.05) is 26.7 Å². The van der Waals surface area contributed by atoms with Crippen LogP contribution in [-0.4, -0.2) is 24.3 Å². The number of hydrogen-bond donors (Lipinski definition) is 1. The number of rotatable bonds is 7. The van der Waals surface area contributed by atoms with E-state index in [0.717, 1.165) is 25.7 Å². The molecule has 84 valence electrons. The lowest BCUT2D eigenvalue weighted by atomic mass is 9.91. The number of methoxy groups -OCH3 is 1. The van der Waals surface area contributed by atoms with Gasteiger partial charge in [0.05, 0.1) is 19.6 Å². The number of aliphatic hydroxyl groups excluding tert-OH is 1. The van der Waals surface area contributed by atoms with Gasteiger partial charge in [0.2, 0.25) is 0 Å². The molecule has 0 amide bonds. The Bertz CT molecular complexity index is 151. The van der Waals surface area contributed by atoms with Crippen LogP contribution in [0.2, 0.25) is 0 Å². The third-order valence-electron chi connectivity index (χ3n) is 2.47. The molecule has 3 heteroatoms. The highest BCUT2D eigenvalue weighted by Crippen LogP contribution is 2.20. The molecule has 0 aromatic carbocycles. The maximum absolute atomic E-state index is 11.0. The van der Waals surface area contributed by atoms with Gasteiger partial charge in [0.1, 0.15) is 0 Å². The van der Waals surface area contributed by atoms with E-state index in [1.54, 1.807) is 0 Å². The molecule has 1 atom stereocenters. The highest BCUT2D eigenvalue weighted by Gasteiger charge is 2.20. The van der Waals surface area contributed by atoms with Crippen molar-refractivity contribution in [2.24, 2.45) is 5.92 Å². The first-order valence-corrected chi connectivity index (χ1v) is 5.40. The molecule has 0 bridgehead atoms. The van der Waals surface area contributed by atoms with Crippen molar-refractivity contribution in [1.82, 2.24) is 0 Å². The quantitative estimate of drug-likeness (QED) is 0.643. The zero-order valence-electron chi connectivity index (χ0n) is 9.45. The third kappa shape index (κ3) is 5.22. The summed E-state index contributed by atoms with van der Waals surface area (Å²) >= 11 is 0. The van der Waals surface area contributed by atoms with Gasteiger partial charge < -0.3 is 9.84 Å². The van der Waals surface area contributed by atoms with Gasteiger partial charge in [-0.15, -0.1) is 0 Å². The van der Waals surface area contributed by atoms with Gasteiger partial charge in [0.25, 0.3) is 0 Å². The predicted molar refractivity (Wildman–Crippen MR) is 55.9 cm³/mol. The van der Waals surface area contributed by atoms with Crippen LogP contribution in [0.1, 0.15) is 46.0 Å². The fourth-order valence-electron chi connectivity index (χ4n) is 1.69. The first kappa shape index (κ1) is 13.4. The molecule has 0 saturated heterocycles. The number of hydrogen-bond acceptors (Lipinski definition) is 3. The molecule has 0 aliphatic carbocycles. The predicted octanol–water partition coefficient (Wildman–Crippen LogP) is 2.13. The van der Waals surface area contributed by atoms with Crippen LogP contribution in [0.5, 0.6) is 0 Å². The standard InChI is InChI=1S/C11H22O3/c1-4-6-9(7-5-2)10(12)8-11(13)14-3/h9-10,12H,4-8H2,1-3H3/t10-/m1/s1. The average molecular weight is 202 g/mol. The fraction of sp³-hybridized carbons (Fsp3) is 0.909. The van der Waals surface area contributed by atoms with Crippen molar-refractivity contribution >= 4 is 5.97 Å². The highest BCUT2D eigenvalue weighted by molar-refractivity contribution is 5.69. The van der Waals surface area contributed by atoms with Crippen LogP contribution >= 0.6 is 0 Å². The average Bonchev–Trinajstić information content (AvgIpc) is 2.17. The van der Waals surface area contributed by atoms with Gasteiger partial charge >= 0.3 is 5.97 Å². The van der Waals surface area contributed by atoms with E-state index >= 15 is 0 Å². The molecule has 14 heavy (non-hydrogen) atoms. The van der Waals surface area contributed by atoms with Crippen LogP contribution in [0, 0.1) is 5.92 Å². The van der Waals surface area contributed by atoms with Crippen molar-refractivity contribution in [3.8, 4) is 0 Å². The van der Waals surface area contributed by atoms with Gasteiger partial charge in [-0.25, -0.2) is 0 Å². The molecule has 0 fully saturated rings. The zero-order chi connectivity index (χ0) is 11.0. The lowest BCUT2D eigenvalue weighted by molar-refractivity contribution is -0.143. The molecular weight excluding hydrogens is 180 g/mol.